The summed E-state index contributed by atoms with van der Waals surface area (Å²) in [5.74, 6) is -6.40. The predicted octanol–water partition coefficient (Wildman–Crippen LogP) is 3.99. The zero-order valence-corrected chi connectivity index (χ0v) is 17.7. The van der Waals surface area contributed by atoms with Crippen LogP contribution < -0.4 is 5.32 Å². The number of methoxy groups -OCH3 is 1. The highest BCUT2D eigenvalue weighted by molar-refractivity contribution is 6.31. The summed E-state index contributed by atoms with van der Waals surface area (Å²) in [7, 11) is 0.853. The van der Waals surface area contributed by atoms with Gasteiger partial charge in [0.05, 0.1) is 52.3 Å². The molecule has 1 atom stereocenters. The number of carbonyl (C=O) groups excluding carboxylic acids is 3. The van der Waals surface area contributed by atoms with Crippen molar-refractivity contribution in [2.45, 2.75) is 32.0 Å². The number of hydrogen-bond donors (Lipinski definition) is 1. The molecule has 32 heavy (non-hydrogen) atoms. The van der Waals surface area contributed by atoms with Gasteiger partial charge in [0, 0.05) is 5.56 Å². The van der Waals surface area contributed by atoms with E-state index in [-0.39, 0.29) is 6.29 Å². The van der Waals surface area contributed by atoms with Gasteiger partial charge in [0.25, 0.3) is 0 Å². The number of dihydropyridines is 1. The molecule has 0 spiro atoms. The minimum atomic E-state index is -5.25. The van der Waals surface area contributed by atoms with Crippen LogP contribution in [0.15, 0.2) is 34.7 Å². The lowest BCUT2D eigenvalue weighted by Crippen LogP contribution is -2.36. The van der Waals surface area contributed by atoms with Crippen LogP contribution in [0.2, 0.25) is 5.02 Å². The van der Waals surface area contributed by atoms with Gasteiger partial charge in [-0.25, -0.2) is 18.4 Å². The van der Waals surface area contributed by atoms with Crippen LogP contribution in [0.4, 0.5) is 22.0 Å². The van der Waals surface area contributed by atoms with Crippen molar-refractivity contribution in [2.75, 3.05) is 13.8 Å². The van der Waals surface area contributed by atoms with Crippen LogP contribution in [0, 0.1) is 5.82 Å². The van der Waals surface area contributed by atoms with Gasteiger partial charge in [-0.05, 0) is 26.0 Å². The Morgan fingerprint density at radius 3 is 2.31 bits per heavy atom. The molecule has 174 valence electrons. The zero-order valence-electron chi connectivity index (χ0n) is 16.9. The molecule has 1 heterocycles. The summed E-state index contributed by atoms with van der Waals surface area (Å²) in [5.41, 5.74) is -6.02. The Hall–Kier alpha value is -2.95. The average Bonchev–Trinajstić information content (AvgIpc) is 2.71. The van der Waals surface area contributed by atoms with Gasteiger partial charge in [-0.15, -0.1) is 0 Å². The Labute approximate surface area is 184 Å². The van der Waals surface area contributed by atoms with Gasteiger partial charge in [0.2, 0.25) is 0 Å². The highest BCUT2D eigenvalue weighted by Gasteiger charge is 2.47. The monoisotopic (exact) mass is 481 g/mol. The standard InChI is InChI=1S/C20H17ClF5NO5/c1-8(2)32-19(30)15-12(7-28)27-11(6-22)14(18(29)31-3)16(15)13-10(23)5-4-9(21)17(13)20(24,25)26/h4-5,7-8,16,27H,6H2,1-3H3. The molecule has 1 aromatic carbocycles. The maximum absolute atomic E-state index is 14.9. The van der Waals surface area contributed by atoms with E-state index in [0.717, 1.165) is 7.11 Å². The number of hydrogen-bond acceptors (Lipinski definition) is 6. The van der Waals surface area contributed by atoms with Crippen molar-refractivity contribution < 1.29 is 45.8 Å². The Kier molecular flexibility index (Phi) is 7.66. The van der Waals surface area contributed by atoms with Crippen LogP contribution in [0.1, 0.15) is 30.9 Å². The van der Waals surface area contributed by atoms with E-state index in [1.54, 1.807) is 0 Å². The van der Waals surface area contributed by atoms with Gasteiger partial charge in [0.15, 0.2) is 6.29 Å². The molecule has 0 saturated heterocycles. The third kappa shape index (κ3) is 4.77. The second-order valence-corrected chi connectivity index (χ2v) is 7.20. The summed E-state index contributed by atoms with van der Waals surface area (Å²) in [4.78, 5) is 36.9. The van der Waals surface area contributed by atoms with Crippen LogP contribution in [0.3, 0.4) is 0 Å². The summed E-state index contributed by atoms with van der Waals surface area (Å²) in [5, 5.41) is 1.25. The molecule has 1 unspecified atom stereocenters. The van der Waals surface area contributed by atoms with Gasteiger partial charge >= 0.3 is 18.1 Å². The molecule has 0 amide bonds. The van der Waals surface area contributed by atoms with Gasteiger partial charge in [-0.1, -0.05) is 11.6 Å². The fourth-order valence-corrected chi connectivity index (χ4v) is 3.52. The quantitative estimate of drug-likeness (QED) is 0.376. The van der Waals surface area contributed by atoms with Crippen molar-refractivity contribution in [3.05, 3.63) is 56.6 Å². The topological polar surface area (TPSA) is 81.7 Å². The van der Waals surface area contributed by atoms with E-state index < -0.39 is 81.3 Å². The second kappa shape index (κ2) is 9.68. The van der Waals surface area contributed by atoms with Crippen molar-refractivity contribution in [1.82, 2.24) is 5.32 Å². The minimum Gasteiger partial charge on any atom is -0.466 e. The number of allylic oxidation sites excluding steroid dienone is 2. The highest BCUT2D eigenvalue weighted by Crippen LogP contribution is 2.47. The van der Waals surface area contributed by atoms with Crippen LogP contribution in [-0.2, 0) is 30.0 Å². The van der Waals surface area contributed by atoms with E-state index in [4.69, 9.17) is 16.3 Å². The van der Waals surface area contributed by atoms with Crippen LogP contribution in [-0.4, -0.2) is 38.1 Å². The Morgan fingerprint density at radius 1 is 1.22 bits per heavy atom. The first kappa shape index (κ1) is 25.3. The number of ether oxygens (including phenoxy) is 2. The number of halogens is 6. The molecule has 1 aromatic rings. The van der Waals surface area contributed by atoms with Gasteiger partial charge in [-0.3, -0.25) is 4.79 Å². The lowest BCUT2D eigenvalue weighted by molar-refractivity contribution is -0.144. The number of aldehydes is 1. The fraction of sp³-hybridized carbons (Fsp3) is 0.350. The number of carbonyl (C=O) groups is 3. The van der Waals surface area contributed by atoms with Crippen LogP contribution in [0.25, 0.3) is 0 Å². The maximum Gasteiger partial charge on any atom is 0.418 e. The minimum absolute atomic E-state index is 0.0172. The largest absolute Gasteiger partial charge is 0.466 e. The molecule has 0 aliphatic carbocycles. The van der Waals surface area contributed by atoms with E-state index in [2.05, 4.69) is 10.1 Å². The Balaban J connectivity index is 3.05. The number of esters is 2. The van der Waals surface area contributed by atoms with Crippen molar-refractivity contribution in [3.63, 3.8) is 0 Å². The molecule has 1 aliphatic rings. The normalized spacial score (nSPS) is 16.8. The lowest BCUT2D eigenvalue weighted by atomic mass is 9.78. The Morgan fingerprint density at radius 2 is 1.84 bits per heavy atom. The molecular formula is C20H17ClF5NO5. The smallest absolute Gasteiger partial charge is 0.418 e. The molecule has 0 saturated carbocycles. The van der Waals surface area contributed by atoms with E-state index in [9.17, 15) is 36.3 Å². The van der Waals surface area contributed by atoms with E-state index >= 15 is 0 Å². The molecule has 0 fully saturated rings. The molecule has 0 bridgehead atoms. The van der Waals surface area contributed by atoms with Crippen molar-refractivity contribution in [1.29, 1.82) is 0 Å². The Bertz CT molecular complexity index is 1020. The third-order valence-electron chi connectivity index (χ3n) is 4.41. The molecule has 1 N–H and O–H groups in total. The number of benzene rings is 1. The first-order chi connectivity index (χ1) is 14.9. The van der Waals surface area contributed by atoms with Gasteiger partial charge in [-0.2, -0.15) is 13.2 Å². The van der Waals surface area contributed by atoms with Crippen LogP contribution in [0.5, 0.6) is 0 Å². The second-order valence-electron chi connectivity index (χ2n) is 6.79. The molecule has 6 nitrogen and oxygen atoms in total. The summed E-state index contributed by atoms with van der Waals surface area (Å²) in [6, 6.07) is 1.23. The van der Waals surface area contributed by atoms with Crippen molar-refractivity contribution in [2.24, 2.45) is 0 Å². The van der Waals surface area contributed by atoms with Gasteiger partial charge < -0.3 is 14.8 Å². The summed E-state index contributed by atoms with van der Waals surface area (Å²) in [6.07, 6.45) is -6.03. The number of alkyl halides is 4. The highest BCUT2D eigenvalue weighted by atomic mass is 35.5. The van der Waals surface area contributed by atoms with E-state index in [0.29, 0.717) is 12.1 Å². The number of rotatable bonds is 6. The predicted molar refractivity (Wildman–Crippen MR) is 102 cm³/mol. The lowest BCUT2D eigenvalue weighted by Gasteiger charge is -2.32. The fourth-order valence-electron chi connectivity index (χ4n) is 3.25. The molecule has 0 radical (unpaired) electrons. The average molecular weight is 482 g/mol. The van der Waals surface area contributed by atoms with Crippen molar-refractivity contribution >= 4 is 29.8 Å². The summed E-state index contributed by atoms with van der Waals surface area (Å²) >= 11 is 5.71. The first-order valence-corrected chi connectivity index (χ1v) is 9.36. The molecule has 1 aliphatic heterocycles. The summed E-state index contributed by atoms with van der Waals surface area (Å²) in [6.45, 7) is 1.35. The first-order valence-electron chi connectivity index (χ1n) is 8.98. The molecule has 2 rings (SSSR count). The van der Waals surface area contributed by atoms with Crippen LogP contribution >= 0.6 is 11.6 Å². The van der Waals surface area contributed by atoms with Gasteiger partial charge in [0.1, 0.15) is 12.5 Å². The zero-order chi connectivity index (χ0) is 24.4. The van der Waals surface area contributed by atoms with E-state index in [1.165, 1.54) is 13.8 Å². The molecule has 12 heteroatoms. The SMILES string of the molecule is COC(=O)C1=C(CF)NC(C=O)=C(C(=O)OC(C)C)C1c1c(F)ccc(Cl)c1C(F)(F)F. The number of nitrogens with one attached hydrogen (secondary N) is 1. The van der Waals surface area contributed by atoms with E-state index in [1.807, 2.05) is 0 Å². The van der Waals surface area contributed by atoms with Crippen molar-refractivity contribution in [3.8, 4) is 0 Å². The maximum atomic E-state index is 14.9. The third-order valence-corrected chi connectivity index (χ3v) is 4.73. The molecular weight excluding hydrogens is 465 g/mol. The summed E-state index contributed by atoms with van der Waals surface area (Å²) < 4.78 is 79.9. The molecule has 0 aromatic heterocycles.